The summed E-state index contributed by atoms with van der Waals surface area (Å²) in [6.45, 7) is 4.07. The van der Waals surface area contributed by atoms with Crippen molar-refractivity contribution in [1.29, 1.82) is 0 Å². The molecule has 1 N–H and O–H groups in total. The summed E-state index contributed by atoms with van der Waals surface area (Å²) in [5.74, 6) is -1.27. The van der Waals surface area contributed by atoms with Crippen molar-refractivity contribution in [3.05, 3.63) is 23.6 Å². The van der Waals surface area contributed by atoms with Gasteiger partial charge in [0.25, 0.3) is 0 Å². The lowest BCUT2D eigenvalue weighted by molar-refractivity contribution is -0.134. The van der Waals surface area contributed by atoms with Crippen molar-refractivity contribution in [3.63, 3.8) is 0 Å². The molecule has 2 saturated heterocycles. The Labute approximate surface area is 140 Å². The van der Waals surface area contributed by atoms with E-state index in [1.165, 1.54) is 6.07 Å². The van der Waals surface area contributed by atoms with Crippen LogP contribution >= 0.6 is 0 Å². The third kappa shape index (κ3) is 3.56. The van der Waals surface area contributed by atoms with Crippen molar-refractivity contribution in [2.24, 2.45) is 0 Å². The fraction of sp³-hybridized carbons (Fsp3) is 0.588. The second-order valence-electron chi connectivity index (χ2n) is 6.22. The second-order valence-corrected chi connectivity index (χ2v) is 6.22. The highest BCUT2D eigenvalue weighted by Gasteiger charge is 2.29. The van der Waals surface area contributed by atoms with Crippen LogP contribution in [-0.4, -0.2) is 42.6 Å². The number of aromatic nitrogens is 1. The first kappa shape index (κ1) is 16.8. The van der Waals surface area contributed by atoms with Crippen molar-refractivity contribution in [2.45, 2.75) is 44.6 Å². The summed E-state index contributed by atoms with van der Waals surface area (Å²) in [4.78, 5) is 29.3. The van der Waals surface area contributed by atoms with Gasteiger partial charge in [-0.3, -0.25) is 14.9 Å². The van der Waals surface area contributed by atoms with Gasteiger partial charge < -0.3 is 9.64 Å². The largest absolute Gasteiger partial charge is 0.378 e. The summed E-state index contributed by atoms with van der Waals surface area (Å²) in [7, 11) is 0. The Morgan fingerprint density at radius 2 is 2.08 bits per heavy atom. The number of nitrogens with one attached hydrogen (secondary N) is 1. The number of imide groups is 1. The summed E-state index contributed by atoms with van der Waals surface area (Å²) >= 11 is 0. The molecule has 2 amide bonds. The molecular formula is C17H22FN3O3. The molecule has 24 heavy (non-hydrogen) atoms. The monoisotopic (exact) mass is 335 g/mol. The summed E-state index contributed by atoms with van der Waals surface area (Å²) in [6, 6.07) is 1.37. The Morgan fingerprint density at radius 1 is 1.33 bits per heavy atom. The first-order valence-corrected chi connectivity index (χ1v) is 8.44. The van der Waals surface area contributed by atoms with E-state index in [-0.39, 0.29) is 24.3 Å². The second kappa shape index (κ2) is 7.25. The number of rotatable bonds is 4. The normalized spacial score (nSPS) is 22.6. The van der Waals surface area contributed by atoms with Gasteiger partial charge in [0.05, 0.1) is 12.0 Å². The molecule has 1 aromatic rings. The molecule has 0 bridgehead atoms. The lowest BCUT2D eigenvalue weighted by Gasteiger charge is -2.33. The Morgan fingerprint density at radius 3 is 2.71 bits per heavy atom. The molecule has 2 aliphatic rings. The fourth-order valence-corrected chi connectivity index (χ4v) is 3.35. The Bertz CT molecular complexity index is 630. The maximum Gasteiger partial charge on any atom is 0.234 e. The third-order valence-corrected chi connectivity index (χ3v) is 4.63. The molecular weight excluding hydrogens is 313 g/mol. The smallest absolute Gasteiger partial charge is 0.234 e. The van der Waals surface area contributed by atoms with Crippen LogP contribution in [0.3, 0.4) is 0 Å². The van der Waals surface area contributed by atoms with Gasteiger partial charge in [0.1, 0.15) is 0 Å². The summed E-state index contributed by atoms with van der Waals surface area (Å²) in [5.41, 5.74) is 0.519. The molecule has 2 fully saturated rings. The molecule has 0 spiro atoms. The molecule has 6 nitrogen and oxygen atoms in total. The van der Waals surface area contributed by atoms with Gasteiger partial charge in [-0.25, -0.2) is 9.37 Å². The average molecular weight is 335 g/mol. The van der Waals surface area contributed by atoms with E-state index < -0.39 is 11.7 Å². The third-order valence-electron chi connectivity index (χ3n) is 4.63. The minimum atomic E-state index is -0.512. The molecule has 2 aliphatic heterocycles. The molecule has 7 heteroatoms. The number of hydrogen-bond donors (Lipinski definition) is 1. The number of pyridine rings is 1. The van der Waals surface area contributed by atoms with Crippen molar-refractivity contribution in [2.75, 3.05) is 24.6 Å². The van der Waals surface area contributed by atoms with E-state index in [2.05, 4.69) is 10.3 Å². The number of anilines is 1. The fourth-order valence-electron chi connectivity index (χ4n) is 3.35. The van der Waals surface area contributed by atoms with Crippen LogP contribution in [0.2, 0.25) is 0 Å². The predicted molar refractivity (Wildman–Crippen MR) is 86.2 cm³/mol. The lowest BCUT2D eigenvalue weighted by atomic mass is 9.91. The number of carbonyl (C=O) groups is 2. The van der Waals surface area contributed by atoms with Crippen molar-refractivity contribution < 1.29 is 18.7 Å². The van der Waals surface area contributed by atoms with Crippen LogP contribution in [0.1, 0.15) is 44.1 Å². The Kier molecular flexibility index (Phi) is 5.08. The molecule has 0 aromatic carbocycles. The molecule has 0 aliphatic carbocycles. The molecule has 1 atom stereocenters. The molecule has 0 radical (unpaired) electrons. The van der Waals surface area contributed by atoms with E-state index in [0.717, 1.165) is 12.8 Å². The zero-order valence-corrected chi connectivity index (χ0v) is 13.8. The highest BCUT2D eigenvalue weighted by atomic mass is 19.1. The zero-order valence-electron chi connectivity index (χ0n) is 13.8. The van der Waals surface area contributed by atoms with Gasteiger partial charge in [-0.2, -0.15) is 0 Å². The Balaban J connectivity index is 1.69. The zero-order chi connectivity index (χ0) is 17.1. The summed E-state index contributed by atoms with van der Waals surface area (Å²) in [5, 5.41) is 2.29. The van der Waals surface area contributed by atoms with E-state index in [0.29, 0.717) is 37.5 Å². The van der Waals surface area contributed by atoms with Gasteiger partial charge in [0.2, 0.25) is 11.8 Å². The van der Waals surface area contributed by atoms with Gasteiger partial charge in [-0.05, 0) is 37.8 Å². The van der Waals surface area contributed by atoms with E-state index in [1.807, 2.05) is 11.8 Å². The van der Waals surface area contributed by atoms with Crippen LogP contribution in [0.25, 0.3) is 0 Å². The minimum absolute atomic E-state index is 0.233. The minimum Gasteiger partial charge on any atom is -0.378 e. The molecule has 1 aromatic heterocycles. The molecule has 130 valence electrons. The van der Waals surface area contributed by atoms with E-state index in [9.17, 15) is 14.0 Å². The summed E-state index contributed by atoms with van der Waals surface area (Å²) < 4.78 is 20.1. The van der Waals surface area contributed by atoms with Crippen LogP contribution in [0, 0.1) is 5.82 Å². The van der Waals surface area contributed by atoms with Crippen LogP contribution < -0.4 is 10.2 Å². The number of carbonyl (C=O) groups excluding carboxylic acids is 2. The van der Waals surface area contributed by atoms with Crippen LogP contribution in [0.5, 0.6) is 0 Å². The number of piperidine rings is 2. The van der Waals surface area contributed by atoms with Crippen molar-refractivity contribution in [3.8, 4) is 0 Å². The lowest BCUT2D eigenvalue weighted by Crippen LogP contribution is -2.40. The van der Waals surface area contributed by atoms with Crippen LogP contribution in [0.15, 0.2) is 12.3 Å². The van der Waals surface area contributed by atoms with Crippen LogP contribution in [0.4, 0.5) is 10.2 Å². The predicted octanol–water partition coefficient (Wildman–Crippen LogP) is 1.75. The first-order valence-electron chi connectivity index (χ1n) is 8.44. The topological polar surface area (TPSA) is 71.5 Å². The maximum absolute atomic E-state index is 14.5. The Hall–Kier alpha value is -2.02. The van der Waals surface area contributed by atoms with Gasteiger partial charge in [-0.15, -0.1) is 0 Å². The highest BCUT2D eigenvalue weighted by molar-refractivity contribution is 6.00. The van der Waals surface area contributed by atoms with Crippen LogP contribution in [-0.2, 0) is 14.3 Å². The van der Waals surface area contributed by atoms with E-state index >= 15 is 0 Å². The van der Waals surface area contributed by atoms with Crippen molar-refractivity contribution in [1.82, 2.24) is 10.3 Å². The number of amides is 2. The van der Waals surface area contributed by atoms with Crippen molar-refractivity contribution >= 4 is 17.6 Å². The van der Waals surface area contributed by atoms with Gasteiger partial charge >= 0.3 is 0 Å². The quantitative estimate of drug-likeness (QED) is 0.849. The SMILES string of the molecule is CCOC1CCN(c2ncc(C3CCC(=O)NC3=O)cc2F)CC1. The maximum atomic E-state index is 14.5. The molecule has 3 rings (SSSR count). The number of nitrogens with zero attached hydrogens (tertiary/aromatic N) is 2. The average Bonchev–Trinajstić information content (AvgIpc) is 2.56. The molecule has 3 heterocycles. The highest BCUT2D eigenvalue weighted by Crippen LogP contribution is 2.28. The van der Waals surface area contributed by atoms with Gasteiger partial charge in [0, 0.05) is 32.3 Å². The molecule has 0 saturated carbocycles. The van der Waals surface area contributed by atoms with Gasteiger partial charge in [-0.1, -0.05) is 0 Å². The standard InChI is InChI=1S/C17H22FN3O3/c1-2-24-12-5-7-21(8-6-12)16-14(18)9-11(10-19-16)13-3-4-15(22)20-17(13)23/h9-10,12-13H,2-8H2,1H3,(H,20,22,23). The van der Waals surface area contributed by atoms with E-state index in [4.69, 9.17) is 4.74 Å². The summed E-state index contributed by atoms with van der Waals surface area (Å²) in [6.07, 6.45) is 4.15. The number of halogens is 1. The number of ether oxygens (including phenoxy) is 1. The first-order chi connectivity index (χ1) is 11.6. The molecule has 1 unspecified atom stereocenters. The van der Waals surface area contributed by atoms with E-state index in [1.54, 1.807) is 6.20 Å². The number of hydrogen-bond acceptors (Lipinski definition) is 5. The van der Waals surface area contributed by atoms with Gasteiger partial charge in [0.15, 0.2) is 11.6 Å².